The fourth-order valence-electron chi connectivity index (χ4n) is 1.57. The van der Waals surface area contributed by atoms with Crippen LogP contribution in [0, 0.1) is 6.92 Å². The maximum Gasteiger partial charge on any atom is 0.258 e. The first-order chi connectivity index (χ1) is 8.41. The zero-order valence-corrected chi connectivity index (χ0v) is 11.5. The molecule has 0 aliphatic carbocycles. The molecule has 0 radical (unpaired) electrons. The van der Waals surface area contributed by atoms with Crippen LogP contribution in [-0.4, -0.2) is 18.1 Å². The summed E-state index contributed by atoms with van der Waals surface area (Å²) in [6, 6.07) is 6.33. The van der Waals surface area contributed by atoms with E-state index in [1.54, 1.807) is 6.92 Å². The van der Waals surface area contributed by atoms with Crippen molar-refractivity contribution in [2.24, 2.45) is 5.73 Å². The van der Waals surface area contributed by atoms with Gasteiger partial charge in [-0.2, -0.15) is 0 Å². The van der Waals surface area contributed by atoms with Crippen molar-refractivity contribution in [3.05, 3.63) is 29.3 Å². The Morgan fingerprint density at radius 1 is 1.39 bits per heavy atom. The number of carbonyl (C=O) groups excluding carboxylic acids is 1. The highest BCUT2D eigenvalue weighted by Crippen LogP contribution is 2.24. The van der Waals surface area contributed by atoms with Crippen LogP contribution in [0.3, 0.4) is 0 Å². The molecule has 1 unspecified atom stereocenters. The van der Waals surface area contributed by atoms with Gasteiger partial charge < -0.3 is 15.8 Å². The molecule has 1 aromatic rings. The van der Waals surface area contributed by atoms with Crippen molar-refractivity contribution in [3.63, 3.8) is 0 Å². The molecule has 1 amide bonds. The van der Waals surface area contributed by atoms with Crippen LogP contribution in [0.15, 0.2) is 18.2 Å². The van der Waals surface area contributed by atoms with Crippen LogP contribution in [0.5, 0.6) is 5.75 Å². The summed E-state index contributed by atoms with van der Waals surface area (Å²) in [5, 5.41) is 3.34. The van der Waals surface area contributed by atoms with E-state index in [0.29, 0.717) is 12.6 Å². The molecule has 0 saturated carbocycles. The van der Waals surface area contributed by atoms with Crippen molar-refractivity contribution in [2.45, 2.75) is 46.4 Å². The third-order valence-corrected chi connectivity index (χ3v) is 2.69. The minimum absolute atomic E-state index is 0.395. The van der Waals surface area contributed by atoms with Gasteiger partial charge in [-0.3, -0.25) is 4.79 Å². The second kappa shape index (κ2) is 6.40. The highest BCUT2D eigenvalue weighted by Gasteiger charge is 2.14. The zero-order valence-electron chi connectivity index (χ0n) is 11.5. The normalized spacial score (nSPS) is 12.5. The number of para-hydroxylation sites is 1. The highest BCUT2D eigenvalue weighted by molar-refractivity contribution is 5.78. The van der Waals surface area contributed by atoms with Crippen LogP contribution >= 0.6 is 0 Å². The first kappa shape index (κ1) is 14.5. The van der Waals surface area contributed by atoms with Gasteiger partial charge in [-0.25, -0.2) is 0 Å². The largest absolute Gasteiger partial charge is 0.480 e. The number of aryl methyl sites for hydroxylation is 1. The number of nitrogens with one attached hydrogen (secondary N) is 1. The lowest BCUT2D eigenvalue weighted by molar-refractivity contribution is -0.124. The molecule has 0 aliphatic heterocycles. The monoisotopic (exact) mass is 250 g/mol. The Balaban J connectivity index is 2.89. The number of carbonyl (C=O) groups is 1. The Kier molecular flexibility index (Phi) is 5.16. The van der Waals surface area contributed by atoms with Crippen molar-refractivity contribution in [1.82, 2.24) is 5.32 Å². The van der Waals surface area contributed by atoms with Gasteiger partial charge in [0.2, 0.25) is 0 Å². The molecule has 0 aromatic heterocycles. The van der Waals surface area contributed by atoms with E-state index >= 15 is 0 Å². The third-order valence-electron chi connectivity index (χ3n) is 2.69. The lowest BCUT2D eigenvalue weighted by Crippen LogP contribution is -2.31. The molecule has 0 bridgehead atoms. The van der Waals surface area contributed by atoms with Gasteiger partial charge in [-0.05, 0) is 19.4 Å². The van der Waals surface area contributed by atoms with Gasteiger partial charge in [0.15, 0.2) is 6.10 Å². The summed E-state index contributed by atoms with van der Waals surface area (Å²) in [4.78, 5) is 11.1. The van der Waals surface area contributed by atoms with Gasteiger partial charge in [0.05, 0.1) is 0 Å². The summed E-state index contributed by atoms with van der Waals surface area (Å²) < 4.78 is 5.66. The van der Waals surface area contributed by atoms with Gasteiger partial charge in [0.25, 0.3) is 5.91 Å². The molecule has 0 heterocycles. The Bertz CT molecular complexity index is 416. The maximum absolute atomic E-state index is 11.1. The number of primary amides is 1. The number of benzene rings is 1. The minimum atomic E-state index is -0.621. The van der Waals surface area contributed by atoms with Crippen LogP contribution in [0.4, 0.5) is 0 Å². The molecule has 4 heteroatoms. The van der Waals surface area contributed by atoms with Crippen molar-refractivity contribution in [3.8, 4) is 5.75 Å². The van der Waals surface area contributed by atoms with Gasteiger partial charge >= 0.3 is 0 Å². The number of hydrogen-bond donors (Lipinski definition) is 2. The number of ether oxygens (including phenoxy) is 1. The van der Waals surface area contributed by atoms with Crippen LogP contribution in [0.1, 0.15) is 31.9 Å². The molecule has 18 heavy (non-hydrogen) atoms. The Morgan fingerprint density at radius 3 is 2.61 bits per heavy atom. The maximum atomic E-state index is 11.1. The first-order valence-electron chi connectivity index (χ1n) is 6.19. The molecular weight excluding hydrogens is 228 g/mol. The highest BCUT2D eigenvalue weighted by atomic mass is 16.5. The lowest BCUT2D eigenvalue weighted by atomic mass is 10.1. The fourth-order valence-corrected chi connectivity index (χ4v) is 1.57. The summed E-state index contributed by atoms with van der Waals surface area (Å²) in [6.45, 7) is 8.50. The van der Waals surface area contributed by atoms with Gasteiger partial charge in [0, 0.05) is 18.2 Å². The van der Waals surface area contributed by atoms with Crippen LogP contribution in [0.25, 0.3) is 0 Å². The molecule has 0 saturated heterocycles. The average Bonchev–Trinajstić information content (AvgIpc) is 2.29. The number of hydrogen-bond acceptors (Lipinski definition) is 3. The summed E-state index contributed by atoms with van der Waals surface area (Å²) in [5.41, 5.74) is 7.27. The molecule has 1 aromatic carbocycles. The number of rotatable bonds is 6. The molecule has 0 aliphatic rings. The van der Waals surface area contributed by atoms with E-state index in [9.17, 15) is 4.79 Å². The molecule has 1 rings (SSSR count). The molecular formula is C14H22N2O2. The van der Waals surface area contributed by atoms with Gasteiger partial charge in [-0.1, -0.05) is 32.0 Å². The van der Waals surface area contributed by atoms with Crippen molar-refractivity contribution < 1.29 is 9.53 Å². The molecule has 4 nitrogen and oxygen atoms in total. The fraction of sp³-hybridized carbons (Fsp3) is 0.500. The summed E-state index contributed by atoms with van der Waals surface area (Å²) in [5.74, 6) is 0.290. The van der Waals surface area contributed by atoms with E-state index in [1.165, 1.54) is 0 Å². The summed E-state index contributed by atoms with van der Waals surface area (Å²) in [7, 11) is 0. The predicted octanol–water partition coefficient (Wildman–Crippen LogP) is 1.75. The Hall–Kier alpha value is -1.55. The van der Waals surface area contributed by atoms with Crippen molar-refractivity contribution in [1.29, 1.82) is 0 Å². The lowest BCUT2D eigenvalue weighted by Gasteiger charge is -2.18. The van der Waals surface area contributed by atoms with E-state index in [0.717, 1.165) is 16.9 Å². The van der Waals surface area contributed by atoms with E-state index in [-0.39, 0.29) is 0 Å². The summed E-state index contributed by atoms with van der Waals surface area (Å²) in [6.07, 6.45) is -0.621. The second-order valence-corrected chi connectivity index (χ2v) is 4.76. The summed E-state index contributed by atoms with van der Waals surface area (Å²) >= 11 is 0. The smallest absolute Gasteiger partial charge is 0.258 e. The standard InChI is InChI=1S/C14H22N2O2/c1-9(2)16-8-12-7-5-6-10(3)13(12)18-11(4)14(15)17/h5-7,9,11,16H,8H2,1-4H3,(H2,15,17). The van der Waals surface area contributed by atoms with Crippen LogP contribution in [0.2, 0.25) is 0 Å². The quantitative estimate of drug-likeness (QED) is 0.808. The van der Waals surface area contributed by atoms with Crippen molar-refractivity contribution in [2.75, 3.05) is 0 Å². The number of amides is 1. The van der Waals surface area contributed by atoms with Crippen molar-refractivity contribution >= 4 is 5.91 Å². The number of nitrogens with two attached hydrogens (primary N) is 1. The van der Waals surface area contributed by atoms with Crippen LogP contribution in [-0.2, 0) is 11.3 Å². The molecule has 100 valence electrons. The molecule has 1 atom stereocenters. The minimum Gasteiger partial charge on any atom is -0.480 e. The third kappa shape index (κ3) is 4.04. The topological polar surface area (TPSA) is 64.3 Å². The van der Waals surface area contributed by atoms with E-state index in [1.807, 2.05) is 25.1 Å². The predicted molar refractivity (Wildman–Crippen MR) is 72.4 cm³/mol. The molecule has 0 spiro atoms. The van der Waals surface area contributed by atoms with E-state index in [4.69, 9.17) is 10.5 Å². The average molecular weight is 250 g/mol. The second-order valence-electron chi connectivity index (χ2n) is 4.76. The van der Waals surface area contributed by atoms with Gasteiger partial charge in [0.1, 0.15) is 5.75 Å². The molecule has 3 N–H and O–H groups in total. The Morgan fingerprint density at radius 2 is 2.06 bits per heavy atom. The molecule has 0 fully saturated rings. The SMILES string of the molecule is Cc1cccc(CNC(C)C)c1OC(C)C(N)=O. The Labute approximate surface area is 109 Å². The van der Waals surface area contributed by atoms with Crippen LogP contribution < -0.4 is 15.8 Å². The van der Waals surface area contributed by atoms with E-state index in [2.05, 4.69) is 19.2 Å². The van der Waals surface area contributed by atoms with Gasteiger partial charge in [-0.15, -0.1) is 0 Å². The van der Waals surface area contributed by atoms with E-state index < -0.39 is 12.0 Å². The first-order valence-corrected chi connectivity index (χ1v) is 6.19. The zero-order chi connectivity index (χ0) is 13.7.